The van der Waals surface area contributed by atoms with E-state index in [1.165, 1.54) is 12.1 Å². The van der Waals surface area contributed by atoms with Crippen LogP contribution < -0.4 is 18.9 Å². The van der Waals surface area contributed by atoms with Crippen molar-refractivity contribution in [3.05, 3.63) is 72.0 Å². The van der Waals surface area contributed by atoms with Crippen molar-refractivity contribution >= 4 is 16.0 Å². The Morgan fingerprint density at radius 3 is 1.86 bits per heavy atom. The van der Waals surface area contributed by atoms with Crippen molar-refractivity contribution in [2.24, 2.45) is 5.41 Å². The molecule has 280 valence electrons. The predicted molar refractivity (Wildman–Crippen MR) is 171 cm³/mol. The lowest BCUT2D eigenvalue weighted by Crippen LogP contribution is -2.54. The van der Waals surface area contributed by atoms with Crippen LogP contribution in [-0.2, 0) is 21.4 Å². The minimum absolute atomic E-state index is 0.0630. The van der Waals surface area contributed by atoms with Crippen LogP contribution in [0.25, 0.3) is 11.1 Å². The molecule has 0 unspecified atom stereocenters. The van der Waals surface area contributed by atoms with Crippen LogP contribution in [0.4, 0.5) is 30.7 Å². The van der Waals surface area contributed by atoms with E-state index < -0.39 is 34.3 Å². The van der Waals surface area contributed by atoms with Gasteiger partial charge in [-0.3, -0.25) is 4.90 Å². The van der Waals surface area contributed by atoms with Crippen molar-refractivity contribution < 1.29 is 63.3 Å². The molecule has 2 N–H and O–H groups in total. The summed E-state index contributed by atoms with van der Waals surface area (Å²) in [5.74, 6) is -2.17. The normalized spacial score (nSPS) is 16.5. The number of carboxylic acid groups (broad SMARTS) is 1. The van der Waals surface area contributed by atoms with E-state index in [2.05, 4.69) is 14.4 Å². The fraction of sp³-hybridized carbons (Fsp3) is 0.441. The van der Waals surface area contributed by atoms with E-state index in [4.69, 9.17) is 19.4 Å². The van der Waals surface area contributed by atoms with Crippen LogP contribution in [0.2, 0.25) is 0 Å². The smallest absolute Gasteiger partial charge is 0.493 e. The number of aliphatic carboxylic acids is 1. The molecule has 0 aromatic heterocycles. The second-order valence-corrected chi connectivity index (χ2v) is 13.9. The van der Waals surface area contributed by atoms with E-state index in [1.807, 2.05) is 26.0 Å². The molecule has 1 aliphatic carbocycles. The number of nitrogens with one attached hydrogen (secondary N) is 1. The molecular weight excluding hydrogens is 713 g/mol. The van der Waals surface area contributed by atoms with Crippen LogP contribution >= 0.6 is 0 Å². The van der Waals surface area contributed by atoms with Crippen LogP contribution in [0.5, 0.6) is 17.2 Å². The Bertz CT molecular complexity index is 1710. The van der Waals surface area contributed by atoms with Gasteiger partial charge in [-0.05, 0) is 118 Å². The molecule has 3 aromatic rings. The van der Waals surface area contributed by atoms with Crippen molar-refractivity contribution in [2.75, 3.05) is 26.3 Å². The number of nitrogens with zero attached hydrogens (tertiary/aromatic N) is 1. The Morgan fingerprint density at radius 2 is 1.41 bits per heavy atom. The number of piperidine rings is 1. The average Bonchev–Trinajstić information content (AvgIpc) is 3.01. The number of carboxylic acids is 1. The summed E-state index contributed by atoms with van der Waals surface area (Å²) in [5.41, 5.74) is 2.72. The summed E-state index contributed by atoms with van der Waals surface area (Å²) in [4.78, 5) is 11.2. The molecule has 3 aromatic carbocycles. The van der Waals surface area contributed by atoms with Gasteiger partial charge in [-0.15, -0.1) is 13.2 Å². The molecule has 1 heterocycles. The summed E-state index contributed by atoms with van der Waals surface area (Å²) in [7, 11) is -3.87. The fourth-order valence-electron chi connectivity index (χ4n) is 6.20. The van der Waals surface area contributed by atoms with Crippen molar-refractivity contribution in [2.45, 2.75) is 69.6 Å². The van der Waals surface area contributed by atoms with Crippen LogP contribution in [-0.4, -0.2) is 69.3 Å². The average molecular weight is 751 g/mol. The van der Waals surface area contributed by atoms with Crippen molar-refractivity contribution in [1.29, 1.82) is 0 Å². The zero-order valence-electron chi connectivity index (χ0n) is 27.6. The number of carbonyl (C=O) groups is 1. The Balaban J connectivity index is 0.000000755. The third-order valence-electron chi connectivity index (χ3n) is 8.47. The standard InChI is InChI=1S/C32H36F4N2O5S.C2HF3O2/c1-3-41-28-17-22(18-29(42-4-2)30(28)23-5-7-24(33)8-6-23)21-38-15-13-31(14-16-38)19-25(20-31)37-44(39,40)27-11-9-26(10-12-27)43-32(34,35)36;3-2(4,5)1(6)7/h5-12,17-18,25,37H,3-4,13-16,19-21H2,1-2H3;(H,6,7). The van der Waals surface area contributed by atoms with E-state index >= 15 is 0 Å². The molecule has 0 amide bonds. The minimum atomic E-state index is -5.08. The van der Waals surface area contributed by atoms with E-state index in [0.29, 0.717) is 44.1 Å². The van der Waals surface area contributed by atoms with Gasteiger partial charge in [0.1, 0.15) is 23.1 Å². The number of sulfonamides is 1. The zero-order chi connectivity index (χ0) is 37.6. The first kappa shape index (κ1) is 39.7. The van der Waals surface area contributed by atoms with E-state index in [1.54, 1.807) is 12.1 Å². The van der Waals surface area contributed by atoms with Gasteiger partial charge in [0.15, 0.2) is 0 Å². The molecule has 1 saturated heterocycles. The number of hydrogen-bond donors (Lipinski definition) is 2. The second kappa shape index (κ2) is 16.1. The highest BCUT2D eigenvalue weighted by molar-refractivity contribution is 7.89. The zero-order valence-corrected chi connectivity index (χ0v) is 28.4. The molecular formula is C34H37F7N2O7S. The van der Waals surface area contributed by atoms with Gasteiger partial charge in [0.05, 0.1) is 23.7 Å². The summed E-state index contributed by atoms with van der Waals surface area (Å²) in [6, 6.07) is 14.3. The summed E-state index contributed by atoms with van der Waals surface area (Å²) in [5, 5.41) is 7.12. The van der Waals surface area contributed by atoms with Gasteiger partial charge in [-0.1, -0.05) is 12.1 Å². The molecule has 1 spiro atoms. The van der Waals surface area contributed by atoms with Gasteiger partial charge < -0.3 is 19.3 Å². The molecule has 1 saturated carbocycles. The maximum atomic E-state index is 13.6. The van der Waals surface area contributed by atoms with Crippen molar-refractivity contribution in [1.82, 2.24) is 9.62 Å². The molecule has 9 nitrogen and oxygen atoms in total. The number of likely N-dealkylation sites (tertiary alicyclic amines) is 1. The fourth-order valence-corrected chi connectivity index (χ4v) is 7.44. The monoisotopic (exact) mass is 750 g/mol. The largest absolute Gasteiger partial charge is 0.573 e. The predicted octanol–water partition coefficient (Wildman–Crippen LogP) is 7.55. The highest BCUT2D eigenvalue weighted by Crippen LogP contribution is 2.50. The first-order valence-corrected chi connectivity index (χ1v) is 17.4. The third kappa shape index (κ3) is 11.0. The Labute approximate surface area is 290 Å². The summed E-state index contributed by atoms with van der Waals surface area (Å²) >= 11 is 0. The third-order valence-corrected chi connectivity index (χ3v) is 10.0. The van der Waals surface area contributed by atoms with Gasteiger partial charge in [0.2, 0.25) is 10.0 Å². The van der Waals surface area contributed by atoms with E-state index in [0.717, 1.165) is 66.9 Å². The van der Waals surface area contributed by atoms with Crippen LogP contribution in [0, 0.1) is 11.2 Å². The van der Waals surface area contributed by atoms with Crippen LogP contribution in [0.3, 0.4) is 0 Å². The van der Waals surface area contributed by atoms with Crippen LogP contribution in [0.15, 0.2) is 65.6 Å². The number of rotatable bonds is 11. The molecule has 2 fully saturated rings. The van der Waals surface area contributed by atoms with Crippen molar-refractivity contribution in [3.8, 4) is 28.4 Å². The SMILES string of the molecule is CCOc1cc(CN2CCC3(CC2)CC(NS(=O)(=O)c2ccc(OC(F)(F)F)cc2)C3)cc(OCC)c1-c1ccc(F)cc1.O=C(O)C(F)(F)F. The van der Waals surface area contributed by atoms with E-state index in [9.17, 15) is 39.2 Å². The molecule has 51 heavy (non-hydrogen) atoms. The Hall–Kier alpha value is -4.09. The maximum absolute atomic E-state index is 13.6. The van der Waals surface area contributed by atoms with E-state index in [-0.39, 0.29) is 22.2 Å². The van der Waals surface area contributed by atoms with Gasteiger partial charge >= 0.3 is 18.5 Å². The highest BCUT2D eigenvalue weighted by atomic mass is 32.2. The molecule has 1 aliphatic heterocycles. The first-order valence-electron chi connectivity index (χ1n) is 15.9. The molecule has 0 bridgehead atoms. The number of ether oxygens (including phenoxy) is 3. The molecule has 2 aliphatic rings. The number of halogens is 7. The quantitative estimate of drug-likeness (QED) is 0.193. The molecule has 5 rings (SSSR count). The highest BCUT2D eigenvalue weighted by Gasteiger charge is 2.47. The summed E-state index contributed by atoms with van der Waals surface area (Å²) in [6.07, 6.45) is -6.64. The van der Waals surface area contributed by atoms with Crippen LogP contribution in [0.1, 0.15) is 45.1 Å². The summed E-state index contributed by atoms with van der Waals surface area (Å²) in [6.45, 7) is 7.18. The lowest BCUT2D eigenvalue weighted by atomic mass is 9.60. The topological polar surface area (TPSA) is 114 Å². The van der Waals surface area contributed by atoms with Gasteiger partial charge in [0.25, 0.3) is 0 Å². The minimum Gasteiger partial charge on any atom is -0.493 e. The van der Waals surface area contributed by atoms with Gasteiger partial charge in [-0.2, -0.15) is 13.2 Å². The van der Waals surface area contributed by atoms with Gasteiger partial charge in [-0.25, -0.2) is 22.3 Å². The van der Waals surface area contributed by atoms with Crippen molar-refractivity contribution in [3.63, 3.8) is 0 Å². The summed E-state index contributed by atoms with van der Waals surface area (Å²) < 4.78 is 127. The molecule has 0 radical (unpaired) electrons. The molecule has 17 heteroatoms. The first-order chi connectivity index (χ1) is 23.8. The molecule has 0 atom stereocenters. The lowest BCUT2D eigenvalue weighted by Gasteiger charge is -2.52. The lowest BCUT2D eigenvalue weighted by molar-refractivity contribution is -0.274. The van der Waals surface area contributed by atoms with Gasteiger partial charge in [0, 0.05) is 12.6 Å². The Morgan fingerprint density at radius 1 is 0.902 bits per heavy atom. The number of hydrogen-bond acceptors (Lipinski definition) is 7. The second-order valence-electron chi connectivity index (χ2n) is 12.2. The Kier molecular flexibility index (Phi) is 12.5. The number of alkyl halides is 6. The maximum Gasteiger partial charge on any atom is 0.573 e. The number of benzene rings is 3.